The van der Waals surface area contributed by atoms with E-state index in [4.69, 9.17) is 27.6 Å². The Morgan fingerprint density at radius 2 is 1.11 bits per heavy atom. The van der Waals surface area contributed by atoms with Crippen molar-refractivity contribution in [3.8, 4) is 11.5 Å². The number of benzene rings is 2. The van der Waals surface area contributed by atoms with Crippen LogP contribution in [0.4, 0.5) is 0 Å². The summed E-state index contributed by atoms with van der Waals surface area (Å²) in [5.41, 5.74) is -0.0279. The van der Waals surface area contributed by atoms with E-state index >= 15 is 0 Å². The van der Waals surface area contributed by atoms with Crippen molar-refractivity contribution in [3.05, 3.63) is 60.7 Å². The van der Waals surface area contributed by atoms with Crippen LogP contribution < -0.4 is 20.1 Å². The third kappa shape index (κ3) is 7.61. The van der Waals surface area contributed by atoms with E-state index in [0.717, 1.165) is 0 Å². The van der Waals surface area contributed by atoms with Gasteiger partial charge in [0.1, 0.15) is 28.7 Å². The Kier molecular flexibility index (Phi) is 11.4. The zero-order valence-corrected chi connectivity index (χ0v) is 22.2. The summed E-state index contributed by atoms with van der Waals surface area (Å²) in [5, 5.41) is 0.370. The third-order valence-corrected chi connectivity index (χ3v) is 8.72. The third-order valence-electron chi connectivity index (χ3n) is 4.41. The highest BCUT2D eigenvalue weighted by Crippen LogP contribution is 2.50. The molecule has 192 valence electrons. The van der Waals surface area contributed by atoms with Crippen LogP contribution in [0.3, 0.4) is 0 Å². The van der Waals surface area contributed by atoms with Gasteiger partial charge in [0, 0.05) is 0 Å². The summed E-state index contributed by atoms with van der Waals surface area (Å²) in [6.07, 6.45) is 0. The molecule has 0 unspecified atom stereocenters. The molecule has 0 radical (unpaired) electrons. The molecule has 2 rings (SSSR count). The van der Waals surface area contributed by atoms with Crippen molar-refractivity contribution >= 4 is 31.8 Å². The molecule has 35 heavy (non-hydrogen) atoms. The first-order chi connectivity index (χ1) is 16.7. The molecule has 0 heterocycles. The van der Waals surface area contributed by atoms with Gasteiger partial charge in [-0.15, -0.1) is 0 Å². The van der Waals surface area contributed by atoms with Crippen LogP contribution in [0.25, 0.3) is 0 Å². The van der Waals surface area contributed by atoms with Gasteiger partial charge in [0.15, 0.2) is 0 Å². The number of hydrogen-bond acceptors (Lipinski definition) is 9. The highest BCUT2D eigenvalue weighted by molar-refractivity contribution is 7.62. The SMILES string of the molecule is C=C(COc1ccccc1P(=O)(OCC)OCC)C(=O)Oc1ccccc1P(=O)(OCC)OCC. The molecule has 0 aliphatic rings. The summed E-state index contributed by atoms with van der Waals surface area (Å²) < 4.78 is 59.2. The molecule has 2 aromatic rings. The summed E-state index contributed by atoms with van der Waals surface area (Å²) in [4.78, 5) is 12.7. The van der Waals surface area contributed by atoms with E-state index in [9.17, 15) is 13.9 Å². The molecular weight excluding hydrogens is 494 g/mol. The van der Waals surface area contributed by atoms with E-state index in [2.05, 4.69) is 6.58 Å². The van der Waals surface area contributed by atoms with Crippen LogP contribution in [0.1, 0.15) is 27.7 Å². The van der Waals surface area contributed by atoms with Crippen LogP contribution in [0, 0.1) is 0 Å². The Morgan fingerprint density at radius 1 is 0.714 bits per heavy atom. The summed E-state index contributed by atoms with van der Waals surface area (Å²) in [6.45, 7) is 10.9. The quantitative estimate of drug-likeness (QED) is 0.137. The van der Waals surface area contributed by atoms with E-state index in [1.807, 2.05) is 0 Å². The second kappa shape index (κ2) is 13.7. The van der Waals surface area contributed by atoms with Gasteiger partial charge >= 0.3 is 21.2 Å². The molecule has 0 amide bonds. The minimum absolute atomic E-state index is 0.0279. The van der Waals surface area contributed by atoms with E-state index in [1.54, 1.807) is 64.1 Å². The molecule has 0 aliphatic heterocycles. The van der Waals surface area contributed by atoms with Gasteiger partial charge < -0.3 is 27.6 Å². The molecule has 0 aliphatic carbocycles. The largest absolute Gasteiger partial charge is 0.488 e. The summed E-state index contributed by atoms with van der Waals surface area (Å²) in [5.74, 6) is -0.543. The van der Waals surface area contributed by atoms with Gasteiger partial charge in [0.2, 0.25) is 0 Å². The lowest BCUT2D eigenvalue weighted by Crippen LogP contribution is -2.22. The molecule has 0 spiro atoms. The van der Waals surface area contributed by atoms with Crippen LogP contribution in [-0.2, 0) is 32.0 Å². The normalized spacial score (nSPS) is 11.8. The molecule has 0 atom stereocenters. The molecule has 11 heteroatoms. The van der Waals surface area contributed by atoms with Crippen LogP contribution in [-0.4, -0.2) is 39.0 Å². The van der Waals surface area contributed by atoms with Crippen molar-refractivity contribution in [1.29, 1.82) is 0 Å². The van der Waals surface area contributed by atoms with Crippen molar-refractivity contribution in [3.63, 3.8) is 0 Å². The number of carbonyl (C=O) groups is 1. The van der Waals surface area contributed by atoms with Crippen molar-refractivity contribution in [2.24, 2.45) is 0 Å². The predicted octanol–water partition coefficient (Wildman–Crippen LogP) is 5.01. The maximum absolute atomic E-state index is 13.2. The van der Waals surface area contributed by atoms with Crippen LogP contribution in [0.2, 0.25) is 0 Å². The smallest absolute Gasteiger partial charge is 0.365 e. The van der Waals surface area contributed by atoms with Gasteiger partial charge in [-0.05, 0) is 52.0 Å². The molecule has 0 fully saturated rings. The molecule has 0 saturated heterocycles. The standard InChI is InChI=1S/C24H32O9P2/c1-6-29-34(26,30-7-2)22-16-12-10-14-20(22)28-18-19(5)24(25)33-21-15-11-13-17-23(21)35(27,31-8-3)32-9-4/h10-17H,5-9,18H2,1-4H3. The minimum Gasteiger partial charge on any atom is -0.488 e. The zero-order valence-electron chi connectivity index (χ0n) is 20.4. The second-order valence-electron chi connectivity index (χ2n) is 6.88. The van der Waals surface area contributed by atoms with Gasteiger partial charge in [-0.1, -0.05) is 30.8 Å². The fourth-order valence-electron chi connectivity index (χ4n) is 3.00. The number of para-hydroxylation sites is 2. The molecule has 0 N–H and O–H groups in total. The summed E-state index contributed by atoms with van der Waals surface area (Å²) >= 11 is 0. The van der Waals surface area contributed by atoms with Gasteiger partial charge in [0.25, 0.3) is 0 Å². The second-order valence-corrected chi connectivity index (χ2v) is 10.9. The Balaban J connectivity index is 2.19. The molecular formula is C24H32O9P2. The number of rotatable bonds is 15. The van der Waals surface area contributed by atoms with Crippen LogP contribution >= 0.6 is 15.2 Å². The summed E-state index contributed by atoms with van der Waals surface area (Å²) in [7, 11) is -7.31. The van der Waals surface area contributed by atoms with Gasteiger partial charge in [0.05, 0.1) is 32.0 Å². The number of carbonyl (C=O) groups excluding carboxylic acids is 1. The predicted molar refractivity (Wildman–Crippen MR) is 134 cm³/mol. The zero-order chi connectivity index (χ0) is 25.9. The van der Waals surface area contributed by atoms with E-state index in [0.29, 0.717) is 0 Å². The lowest BCUT2D eigenvalue weighted by Gasteiger charge is -2.20. The maximum Gasteiger partial charge on any atom is 0.365 e. The minimum atomic E-state index is -3.69. The van der Waals surface area contributed by atoms with Gasteiger partial charge in [-0.3, -0.25) is 9.13 Å². The highest BCUT2D eigenvalue weighted by atomic mass is 31.2. The van der Waals surface area contributed by atoms with E-state index in [-0.39, 0.29) is 60.7 Å². The number of esters is 1. The monoisotopic (exact) mass is 526 g/mol. The number of ether oxygens (including phenoxy) is 2. The first-order valence-electron chi connectivity index (χ1n) is 11.2. The Hall–Kier alpha value is -2.25. The topological polar surface area (TPSA) is 107 Å². The van der Waals surface area contributed by atoms with E-state index in [1.165, 1.54) is 12.1 Å². The highest BCUT2D eigenvalue weighted by Gasteiger charge is 2.32. The van der Waals surface area contributed by atoms with Gasteiger partial charge in [-0.2, -0.15) is 0 Å². The lowest BCUT2D eigenvalue weighted by atomic mass is 10.3. The molecule has 0 bridgehead atoms. The fraction of sp³-hybridized carbons (Fsp3) is 0.375. The van der Waals surface area contributed by atoms with Gasteiger partial charge in [-0.25, -0.2) is 4.79 Å². The Bertz CT molecular complexity index is 1080. The van der Waals surface area contributed by atoms with Crippen molar-refractivity contribution in [2.45, 2.75) is 27.7 Å². The molecule has 2 aromatic carbocycles. The van der Waals surface area contributed by atoms with Crippen LogP contribution in [0.15, 0.2) is 60.7 Å². The average Bonchev–Trinajstić information content (AvgIpc) is 2.83. The molecule has 9 nitrogen and oxygen atoms in total. The maximum atomic E-state index is 13.2. The molecule has 0 aromatic heterocycles. The summed E-state index contributed by atoms with van der Waals surface area (Å²) in [6, 6.07) is 12.8. The van der Waals surface area contributed by atoms with E-state index < -0.39 is 21.2 Å². The first kappa shape index (κ1) is 29.0. The fourth-order valence-corrected chi connectivity index (χ4v) is 6.41. The molecule has 0 saturated carbocycles. The first-order valence-corrected chi connectivity index (χ1v) is 14.3. The Labute approximate surface area is 206 Å². The average molecular weight is 526 g/mol. The van der Waals surface area contributed by atoms with Crippen molar-refractivity contribution in [2.75, 3.05) is 33.0 Å². The van der Waals surface area contributed by atoms with Crippen molar-refractivity contribution in [1.82, 2.24) is 0 Å². The Morgan fingerprint density at radius 3 is 1.57 bits per heavy atom. The number of hydrogen-bond donors (Lipinski definition) is 0. The lowest BCUT2D eigenvalue weighted by molar-refractivity contribution is -0.130. The van der Waals surface area contributed by atoms with Crippen molar-refractivity contribution < 1.29 is 41.5 Å². The van der Waals surface area contributed by atoms with Crippen LogP contribution in [0.5, 0.6) is 11.5 Å².